The standard InChI is InChI=1S/C24H27N5O3/c1-16-11-21(32-20-8-6-19(7-9-20)27-17(2)30)12-22(26-16)18-5-4-10-29(13-18)24(31)23-14-28(3)15-25-23/h6-9,11-12,14-15,18H,4-5,10,13H2,1-3H3,(H,27,30). The number of carbonyl (C=O) groups excluding carboxylic acids is 2. The van der Waals surface area contributed by atoms with Gasteiger partial charge >= 0.3 is 0 Å². The van der Waals surface area contributed by atoms with E-state index in [1.54, 1.807) is 29.2 Å². The first kappa shape index (κ1) is 21.5. The molecule has 32 heavy (non-hydrogen) atoms. The van der Waals surface area contributed by atoms with Gasteiger partial charge in [-0.05, 0) is 44.0 Å². The quantitative estimate of drug-likeness (QED) is 0.659. The Bertz CT molecular complexity index is 1120. The highest BCUT2D eigenvalue weighted by molar-refractivity contribution is 5.92. The number of hydrogen-bond acceptors (Lipinski definition) is 5. The van der Waals surface area contributed by atoms with E-state index < -0.39 is 0 Å². The number of anilines is 1. The van der Waals surface area contributed by atoms with Gasteiger partial charge in [0.15, 0.2) is 0 Å². The SMILES string of the molecule is CC(=O)Nc1ccc(Oc2cc(C)nc(C3CCCN(C(=O)c4cn(C)cn4)C3)c2)cc1. The molecule has 0 radical (unpaired) electrons. The third-order valence-corrected chi connectivity index (χ3v) is 5.41. The van der Waals surface area contributed by atoms with E-state index in [0.717, 1.165) is 36.5 Å². The molecule has 0 saturated carbocycles. The molecule has 8 heteroatoms. The van der Waals surface area contributed by atoms with E-state index in [1.165, 1.54) is 6.92 Å². The molecule has 1 atom stereocenters. The van der Waals surface area contributed by atoms with Gasteiger partial charge in [-0.3, -0.25) is 14.6 Å². The van der Waals surface area contributed by atoms with Crippen molar-refractivity contribution in [3.8, 4) is 11.5 Å². The summed E-state index contributed by atoms with van der Waals surface area (Å²) in [5.41, 5.74) is 2.97. The molecule has 2 amide bonds. The van der Waals surface area contributed by atoms with Gasteiger partial charge in [-0.15, -0.1) is 0 Å². The normalized spacial score (nSPS) is 16.0. The van der Waals surface area contributed by atoms with Crippen LogP contribution >= 0.6 is 0 Å². The van der Waals surface area contributed by atoms with Crippen LogP contribution in [0.2, 0.25) is 0 Å². The number of nitrogens with zero attached hydrogens (tertiary/aromatic N) is 4. The predicted molar refractivity (Wildman–Crippen MR) is 121 cm³/mol. The number of pyridine rings is 1. The molecule has 1 aliphatic rings. The van der Waals surface area contributed by atoms with Gasteiger partial charge in [-0.1, -0.05) is 0 Å². The van der Waals surface area contributed by atoms with Crippen LogP contribution in [0, 0.1) is 6.92 Å². The number of hydrogen-bond donors (Lipinski definition) is 1. The van der Waals surface area contributed by atoms with E-state index in [4.69, 9.17) is 9.72 Å². The summed E-state index contributed by atoms with van der Waals surface area (Å²) in [6.07, 6.45) is 5.27. The summed E-state index contributed by atoms with van der Waals surface area (Å²) in [5.74, 6) is 1.36. The number of nitrogens with one attached hydrogen (secondary N) is 1. The summed E-state index contributed by atoms with van der Waals surface area (Å²) < 4.78 is 7.83. The smallest absolute Gasteiger partial charge is 0.274 e. The van der Waals surface area contributed by atoms with E-state index in [9.17, 15) is 9.59 Å². The molecule has 4 rings (SSSR count). The molecule has 3 heterocycles. The second kappa shape index (κ2) is 9.21. The number of likely N-dealkylation sites (tertiary alicyclic amines) is 1. The van der Waals surface area contributed by atoms with Crippen molar-refractivity contribution in [2.75, 3.05) is 18.4 Å². The lowest BCUT2D eigenvalue weighted by Gasteiger charge is -2.32. The van der Waals surface area contributed by atoms with Crippen LogP contribution < -0.4 is 10.1 Å². The lowest BCUT2D eigenvalue weighted by atomic mass is 9.93. The van der Waals surface area contributed by atoms with E-state index in [0.29, 0.717) is 23.7 Å². The summed E-state index contributed by atoms with van der Waals surface area (Å²) in [4.78, 5) is 34.8. The number of imidazole rings is 1. The molecule has 166 valence electrons. The van der Waals surface area contributed by atoms with Crippen LogP contribution in [0.3, 0.4) is 0 Å². The zero-order valence-electron chi connectivity index (χ0n) is 18.5. The Kier molecular flexibility index (Phi) is 6.20. The Morgan fingerprint density at radius 3 is 2.62 bits per heavy atom. The summed E-state index contributed by atoms with van der Waals surface area (Å²) in [6, 6.07) is 11.1. The van der Waals surface area contributed by atoms with Gasteiger partial charge in [0.05, 0.1) is 6.33 Å². The Morgan fingerprint density at radius 1 is 1.16 bits per heavy atom. The molecule has 0 spiro atoms. The van der Waals surface area contributed by atoms with E-state index in [1.807, 2.05) is 43.1 Å². The minimum absolute atomic E-state index is 0.0429. The van der Waals surface area contributed by atoms with Crippen LogP contribution in [0.1, 0.15) is 47.6 Å². The summed E-state index contributed by atoms with van der Waals surface area (Å²) in [5, 5.41) is 2.74. The van der Waals surface area contributed by atoms with Crippen molar-refractivity contribution in [2.45, 2.75) is 32.6 Å². The highest BCUT2D eigenvalue weighted by Gasteiger charge is 2.27. The van der Waals surface area contributed by atoms with Crippen LogP contribution in [0.5, 0.6) is 11.5 Å². The number of benzene rings is 1. The number of aromatic nitrogens is 3. The minimum atomic E-state index is -0.115. The van der Waals surface area contributed by atoms with Crippen LogP contribution in [0.25, 0.3) is 0 Å². The average molecular weight is 434 g/mol. The monoisotopic (exact) mass is 433 g/mol. The maximum atomic E-state index is 12.8. The van der Waals surface area contributed by atoms with Gasteiger partial charge in [0.1, 0.15) is 17.2 Å². The zero-order valence-corrected chi connectivity index (χ0v) is 18.5. The number of ether oxygens (including phenoxy) is 1. The first-order chi connectivity index (χ1) is 15.4. The maximum absolute atomic E-state index is 12.8. The van der Waals surface area contributed by atoms with Crippen molar-refractivity contribution in [3.63, 3.8) is 0 Å². The Hall–Kier alpha value is -3.68. The number of piperidine rings is 1. The van der Waals surface area contributed by atoms with Gasteiger partial charge in [-0.2, -0.15) is 0 Å². The van der Waals surface area contributed by atoms with Crippen LogP contribution in [-0.4, -0.2) is 44.3 Å². The molecule has 0 aliphatic carbocycles. The second-order valence-electron chi connectivity index (χ2n) is 8.19. The van der Waals surface area contributed by atoms with Gasteiger partial charge in [0, 0.05) is 68.4 Å². The second-order valence-corrected chi connectivity index (χ2v) is 8.19. The molecular formula is C24H27N5O3. The third kappa shape index (κ3) is 5.14. The van der Waals surface area contributed by atoms with Gasteiger partial charge in [-0.25, -0.2) is 4.98 Å². The molecule has 1 saturated heterocycles. The van der Waals surface area contributed by atoms with Crippen LogP contribution in [-0.2, 0) is 11.8 Å². The number of rotatable bonds is 5. The number of amides is 2. The highest BCUT2D eigenvalue weighted by Crippen LogP contribution is 2.31. The highest BCUT2D eigenvalue weighted by atomic mass is 16.5. The molecular weight excluding hydrogens is 406 g/mol. The van der Waals surface area contributed by atoms with Crippen molar-refractivity contribution in [3.05, 3.63) is 66.0 Å². The van der Waals surface area contributed by atoms with E-state index in [2.05, 4.69) is 10.3 Å². The molecule has 1 N–H and O–H groups in total. The van der Waals surface area contributed by atoms with E-state index in [-0.39, 0.29) is 17.7 Å². The topological polar surface area (TPSA) is 89.4 Å². The molecule has 1 fully saturated rings. The molecule has 8 nitrogen and oxygen atoms in total. The fraction of sp³-hybridized carbons (Fsp3) is 0.333. The van der Waals surface area contributed by atoms with Crippen molar-refractivity contribution in [1.29, 1.82) is 0 Å². The largest absolute Gasteiger partial charge is 0.457 e. The lowest BCUT2D eigenvalue weighted by Crippen LogP contribution is -2.39. The van der Waals surface area contributed by atoms with Crippen molar-refractivity contribution >= 4 is 17.5 Å². The van der Waals surface area contributed by atoms with E-state index >= 15 is 0 Å². The molecule has 3 aromatic rings. The average Bonchev–Trinajstić information content (AvgIpc) is 3.20. The van der Waals surface area contributed by atoms with Crippen molar-refractivity contribution < 1.29 is 14.3 Å². The fourth-order valence-electron chi connectivity index (χ4n) is 3.96. The van der Waals surface area contributed by atoms with Crippen LogP contribution in [0.15, 0.2) is 48.9 Å². The number of aryl methyl sites for hydroxylation is 2. The molecule has 1 unspecified atom stereocenters. The third-order valence-electron chi connectivity index (χ3n) is 5.41. The summed E-state index contributed by atoms with van der Waals surface area (Å²) in [7, 11) is 1.86. The molecule has 1 aliphatic heterocycles. The number of carbonyl (C=O) groups is 2. The fourth-order valence-corrected chi connectivity index (χ4v) is 3.96. The molecule has 1 aromatic carbocycles. The minimum Gasteiger partial charge on any atom is -0.457 e. The lowest BCUT2D eigenvalue weighted by molar-refractivity contribution is -0.114. The summed E-state index contributed by atoms with van der Waals surface area (Å²) in [6.45, 7) is 4.75. The van der Waals surface area contributed by atoms with Gasteiger partial charge in [0.2, 0.25) is 5.91 Å². The Balaban J connectivity index is 1.48. The molecule has 2 aromatic heterocycles. The van der Waals surface area contributed by atoms with Gasteiger partial charge in [0.25, 0.3) is 5.91 Å². The predicted octanol–water partition coefficient (Wildman–Crippen LogP) is 3.89. The van der Waals surface area contributed by atoms with Crippen molar-refractivity contribution in [2.24, 2.45) is 7.05 Å². The Labute approximate surface area is 187 Å². The van der Waals surface area contributed by atoms with Crippen LogP contribution in [0.4, 0.5) is 5.69 Å². The first-order valence-corrected chi connectivity index (χ1v) is 10.7. The summed E-state index contributed by atoms with van der Waals surface area (Å²) >= 11 is 0. The van der Waals surface area contributed by atoms with Gasteiger partial charge < -0.3 is 19.5 Å². The Morgan fingerprint density at radius 2 is 1.94 bits per heavy atom. The molecule has 0 bridgehead atoms. The first-order valence-electron chi connectivity index (χ1n) is 10.7. The van der Waals surface area contributed by atoms with Crippen molar-refractivity contribution in [1.82, 2.24) is 19.4 Å². The maximum Gasteiger partial charge on any atom is 0.274 e. The zero-order chi connectivity index (χ0) is 22.7.